The minimum atomic E-state index is -0.153. The van der Waals surface area contributed by atoms with Crippen molar-refractivity contribution in [2.24, 2.45) is 11.8 Å². The molecule has 0 unspecified atom stereocenters. The summed E-state index contributed by atoms with van der Waals surface area (Å²) in [5.74, 6) is 2.20. The maximum atomic E-state index is 11.7. The van der Waals surface area contributed by atoms with E-state index >= 15 is 0 Å². The van der Waals surface area contributed by atoms with E-state index in [1.165, 1.54) is 6.33 Å². The number of ether oxygens (including phenoxy) is 1. The molecular formula is C25H32ClN7O2. The van der Waals surface area contributed by atoms with Crippen LogP contribution in [0.3, 0.4) is 0 Å². The van der Waals surface area contributed by atoms with Crippen LogP contribution in [0, 0.1) is 11.8 Å². The minimum absolute atomic E-state index is 0.153. The molecule has 9 nitrogen and oxygen atoms in total. The molecule has 2 N–H and O–H groups in total. The number of carbonyl (C=O) groups excluding carboxylic acids is 1. The number of rotatable bonds is 10. The topological polar surface area (TPSA) is 105 Å². The van der Waals surface area contributed by atoms with Gasteiger partial charge >= 0.3 is 5.97 Å². The molecule has 3 aromatic rings. The van der Waals surface area contributed by atoms with Crippen LogP contribution in [-0.4, -0.2) is 64.1 Å². The summed E-state index contributed by atoms with van der Waals surface area (Å²) in [5, 5.41) is 7.32. The molecule has 4 rings (SSSR count). The number of carbonyl (C=O) groups is 1. The van der Waals surface area contributed by atoms with Crippen molar-refractivity contribution in [1.82, 2.24) is 24.8 Å². The normalized spacial score (nSPS) is 17.9. The number of aromatic nitrogens is 4. The number of benzene rings is 1. The number of likely N-dealkylation sites (N-methyl/N-ethyl adjacent to an activating group) is 1. The molecule has 0 spiro atoms. The van der Waals surface area contributed by atoms with E-state index in [0.29, 0.717) is 52.8 Å². The Morgan fingerprint density at radius 2 is 1.97 bits per heavy atom. The number of hydrogen-bond acceptors (Lipinski definition) is 9. The Morgan fingerprint density at radius 1 is 1.17 bits per heavy atom. The minimum Gasteiger partial charge on any atom is -0.465 e. The maximum Gasteiger partial charge on any atom is 0.320 e. The number of anilines is 3. The predicted octanol–water partition coefficient (Wildman–Crippen LogP) is 4.53. The van der Waals surface area contributed by atoms with Crippen molar-refractivity contribution in [3.63, 3.8) is 0 Å². The van der Waals surface area contributed by atoms with E-state index in [9.17, 15) is 4.79 Å². The first-order valence-corrected chi connectivity index (χ1v) is 12.5. The lowest BCUT2D eigenvalue weighted by molar-refractivity contribution is -0.144. The standard InChI is InChI=1S/C25H32ClN7O2/c1-3-35-22(34)15-33(2)14-18-9-7-17(8-10-18)12-27-25-28-13-21-23(32-25)24(30-16-29-21)31-20-6-4-5-19(26)11-20/h4-6,11,13,16-18H,3,7-10,12,14-15H2,1-2H3,(H,27,28,32)(H,29,30,31). The molecule has 35 heavy (non-hydrogen) atoms. The number of hydrogen-bond donors (Lipinski definition) is 2. The van der Waals surface area contributed by atoms with Gasteiger partial charge in [0.1, 0.15) is 17.4 Å². The second-order valence-electron chi connectivity index (χ2n) is 9.05. The molecular weight excluding hydrogens is 466 g/mol. The van der Waals surface area contributed by atoms with Crippen LogP contribution in [0.2, 0.25) is 5.02 Å². The van der Waals surface area contributed by atoms with Gasteiger partial charge in [-0.3, -0.25) is 9.69 Å². The lowest BCUT2D eigenvalue weighted by Gasteiger charge is -2.31. The molecule has 1 fully saturated rings. The summed E-state index contributed by atoms with van der Waals surface area (Å²) in [5.41, 5.74) is 2.15. The van der Waals surface area contributed by atoms with Crippen molar-refractivity contribution in [3.05, 3.63) is 41.8 Å². The first-order chi connectivity index (χ1) is 17.0. The summed E-state index contributed by atoms with van der Waals surface area (Å²) in [6.07, 6.45) is 7.80. The van der Waals surface area contributed by atoms with Crippen LogP contribution in [0.25, 0.3) is 11.0 Å². The third-order valence-electron chi connectivity index (χ3n) is 6.25. The zero-order valence-electron chi connectivity index (χ0n) is 20.2. The zero-order valence-corrected chi connectivity index (χ0v) is 21.0. The van der Waals surface area contributed by atoms with E-state index in [0.717, 1.165) is 44.5 Å². The van der Waals surface area contributed by atoms with Crippen molar-refractivity contribution in [2.75, 3.05) is 43.9 Å². The summed E-state index contributed by atoms with van der Waals surface area (Å²) < 4.78 is 5.04. The smallest absolute Gasteiger partial charge is 0.320 e. The van der Waals surface area contributed by atoms with Gasteiger partial charge in [0.15, 0.2) is 5.82 Å². The summed E-state index contributed by atoms with van der Waals surface area (Å²) >= 11 is 6.11. The Bertz CT molecular complexity index is 1140. The van der Waals surface area contributed by atoms with E-state index in [1.807, 2.05) is 38.2 Å². The molecule has 10 heteroatoms. The second kappa shape index (κ2) is 12.1. The predicted molar refractivity (Wildman–Crippen MR) is 138 cm³/mol. The van der Waals surface area contributed by atoms with Crippen LogP contribution in [-0.2, 0) is 9.53 Å². The van der Waals surface area contributed by atoms with Gasteiger partial charge < -0.3 is 15.4 Å². The highest BCUT2D eigenvalue weighted by Gasteiger charge is 2.23. The number of esters is 1. The summed E-state index contributed by atoms with van der Waals surface area (Å²) in [4.78, 5) is 31.5. The second-order valence-corrected chi connectivity index (χ2v) is 9.49. The highest BCUT2D eigenvalue weighted by Crippen LogP contribution is 2.29. The van der Waals surface area contributed by atoms with Crippen molar-refractivity contribution in [2.45, 2.75) is 32.6 Å². The molecule has 186 valence electrons. The highest BCUT2D eigenvalue weighted by molar-refractivity contribution is 6.30. The fourth-order valence-electron chi connectivity index (χ4n) is 4.52. The average Bonchev–Trinajstić information content (AvgIpc) is 2.84. The monoisotopic (exact) mass is 497 g/mol. The quantitative estimate of drug-likeness (QED) is 0.391. The molecule has 1 aromatic carbocycles. The third-order valence-corrected chi connectivity index (χ3v) is 6.49. The Labute approximate surface area is 210 Å². The molecule has 0 amide bonds. The Kier molecular flexibility index (Phi) is 8.65. The first-order valence-electron chi connectivity index (χ1n) is 12.1. The molecule has 0 radical (unpaired) electrons. The van der Waals surface area contributed by atoms with Gasteiger partial charge in [-0.25, -0.2) is 19.9 Å². The summed E-state index contributed by atoms with van der Waals surface area (Å²) in [7, 11) is 1.99. The average molecular weight is 498 g/mol. The summed E-state index contributed by atoms with van der Waals surface area (Å²) in [6.45, 7) is 4.36. The molecule has 0 atom stereocenters. The third kappa shape index (κ3) is 7.22. The van der Waals surface area contributed by atoms with Crippen molar-refractivity contribution in [3.8, 4) is 0 Å². The Hall–Kier alpha value is -3.04. The van der Waals surface area contributed by atoms with Gasteiger partial charge in [0, 0.05) is 23.8 Å². The van der Waals surface area contributed by atoms with Gasteiger partial charge in [0.2, 0.25) is 5.95 Å². The fourth-order valence-corrected chi connectivity index (χ4v) is 4.71. The van der Waals surface area contributed by atoms with Gasteiger partial charge in [0.05, 0.1) is 19.3 Å². The van der Waals surface area contributed by atoms with Crippen molar-refractivity contribution >= 4 is 46.1 Å². The number of nitrogens with zero attached hydrogens (tertiary/aromatic N) is 5. The molecule has 1 aliphatic rings. The van der Waals surface area contributed by atoms with Crippen LogP contribution in [0.15, 0.2) is 36.8 Å². The van der Waals surface area contributed by atoms with Crippen LogP contribution in [0.4, 0.5) is 17.5 Å². The van der Waals surface area contributed by atoms with Crippen LogP contribution in [0.1, 0.15) is 32.6 Å². The molecule has 1 aliphatic carbocycles. The van der Waals surface area contributed by atoms with Crippen LogP contribution >= 0.6 is 11.6 Å². The molecule has 2 aromatic heterocycles. The van der Waals surface area contributed by atoms with Gasteiger partial charge in [-0.15, -0.1) is 0 Å². The first kappa shape index (κ1) is 25.1. The van der Waals surface area contributed by atoms with E-state index in [4.69, 9.17) is 16.3 Å². The lowest BCUT2D eigenvalue weighted by Crippen LogP contribution is -2.34. The van der Waals surface area contributed by atoms with Gasteiger partial charge in [0.25, 0.3) is 0 Å². The molecule has 0 aliphatic heterocycles. The van der Waals surface area contributed by atoms with Crippen LogP contribution < -0.4 is 10.6 Å². The zero-order chi connectivity index (χ0) is 24.6. The maximum absolute atomic E-state index is 11.7. The fraction of sp³-hybridized carbons (Fsp3) is 0.480. The van der Waals surface area contributed by atoms with Gasteiger partial charge in [-0.2, -0.15) is 0 Å². The SMILES string of the molecule is CCOC(=O)CN(C)CC1CCC(CNc2ncc3ncnc(Nc4cccc(Cl)c4)c3n2)CC1. The summed E-state index contributed by atoms with van der Waals surface area (Å²) in [6, 6.07) is 7.46. The molecule has 2 heterocycles. The Morgan fingerprint density at radius 3 is 2.74 bits per heavy atom. The number of halogens is 1. The molecule has 0 saturated heterocycles. The highest BCUT2D eigenvalue weighted by atomic mass is 35.5. The van der Waals surface area contributed by atoms with Crippen molar-refractivity contribution in [1.29, 1.82) is 0 Å². The van der Waals surface area contributed by atoms with Gasteiger partial charge in [-0.05, 0) is 69.7 Å². The largest absolute Gasteiger partial charge is 0.465 e. The van der Waals surface area contributed by atoms with E-state index in [1.54, 1.807) is 6.20 Å². The number of fused-ring (bicyclic) bond motifs is 1. The van der Waals surface area contributed by atoms with Crippen molar-refractivity contribution < 1.29 is 9.53 Å². The van der Waals surface area contributed by atoms with E-state index < -0.39 is 0 Å². The van der Waals surface area contributed by atoms with Gasteiger partial charge in [-0.1, -0.05) is 17.7 Å². The van der Waals surface area contributed by atoms with Crippen LogP contribution in [0.5, 0.6) is 0 Å². The lowest BCUT2D eigenvalue weighted by atomic mass is 9.82. The van der Waals surface area contributed by atoms with E-state index in [-0.39, 0.29) is 5.97 Å². The molecule has 0 bridgehead atoms. The molecule has 1 saturated carbocycles. The Balaban J connectivity index is 1.30. The van der Waals surface area contributed by atoms with E-state index in [2.05, 4.69) is 35.5 Å². The number of nitrogens with one attached hydrogen (secondary N) is 2.